The maximum atomic E-state index is 6.62. The van der Waals surface area contributed by atoms with Crippen molar-refractivity contribution >= 4 is 55.4 Å². The molecule has 0 heterocycles. The molecule has 6 heteroatoms. The Balaban J connectivity index is 2.61. The van der Waals surface area contributed by atoms with Gasteiger partial charge < -0.3 is 0 Å². The highest BCUT2D eigenvalue weighted by atomic mass is 35.6. The highest BCUT2D eigenvalue weighted by molar-refractivity contribution is 7.19. The van der Waals surface area contributed by atoms with E-state index in [9.17, 15) is 0 Å². The third-order valence-corrected chi connectivity index (χ3v) is 11.7. The van der Waals surface area contributed by atoms with Crippen LogP contribution >= 0.6 is 33.2 Å². The minimum Gasteiger partial charge on any atom is -0.168 e. The lowest BCUT2D eigenvalue weighted by Gasteiger charge is -2.38. The van der Waals surface area contributed by atoms with E-state index in [1.54, 1.807) is 0 Å². The van der Waals surface area contributed by atoms with E-state index >= 15 is 0 Å². The lowest BCUT2D eigenvalue weighted by Crippen LogP contribution is -2.30. The monoisotopic (exact) mass is 444 g/mol. The van der Waals surface area contributed by atoms with Gasteiger partial charge in [-0.25, -0.2) is 0 Å². The Morgan fingerprint density at radius 3 is 1.50 bits per heavy atom. The van der Waals surface area contributed by atoms with Gasteiger partial charge in [0.05, 0.1) is 0 Å². The molecule has 0 amide bonds. The van der Waals surface area contributed by atoms with Gasteiger partial charge in [0.1, 0.15) is 0 Å². The van der Waals surface area contributed by atoms with Crippen molar-refractivity contribution in [2.45, 2.75) is 95.9 Å². The van der Waals surface area contributed by atoms with Crippen LogP contribution in [-0.4, -0.2) is 22.2 Å². The average molecular weight is 446 g/mol. The molecule has 1 fully saturated rings. The Kier molecular flexibility index (Phi) is 9.46. The van der Waals surface area contributed by atoms with Crippen molar-refractivity contribution in [3.8, 4) is 0 Å². The molecule has 24 heavy (non-hydrogen) atoms. The van der Waals surface area contributed by atoms with Crippen LogP contribution in [0.5, 0.6) is 0 Å². The maximum Gasteiger partial charge on any atom is 0.150 e. The van der Waals surface area contributed by atoms with Crippen LogP contribution in [0.25, 0.3) is 0 Å². The molecule has 0 aromatic carbocycles. The molecular weight excluding hydrogens is 407 g/mol. The molecule has 0 bridgehead atoms. The van der Waals surface area contributed by atoms with E-state index in [1.807, 2.05) is 0 Å². The Morgan fingerprint density at radius 2 is 1.04 bits per heavy atom. The molecule has 0 saturated heterocycles. The number of rotatable bonds is 9. The van der Waals surface area contributed by atoms with Crippen LogP contribution in [0, 0.1) is 17.8 Å². The van der Waals surface area contributed by atoms with Crippen LogP contribution in [0.2, 0.25) is 57.4 Å². The Hall–Kier alpha value is 1.52. The first-order valence-corrected chi connectivity index (χ1v) is 22.5. The number of halogens is 3. The van der Waals surface area contributed by atoms with Gasteiger partial charge in [0.25, 0.3) is 0 Å². The summed E-state index contributed by atoms with van der Waals surface area (Å²) in [6.07, 6.45) is 8.27. The van der Waals surface area contributed by atoms with E-state index < -0.39 is 22.2 Å². The van der Waals surface area contributed by atoms with Gasteiger partial charge in [-0.1, -0.05) is 65.0 Å². The fourth-order valence-corrected chi connectivity index (χ4v) is 8.22. The topological polar surface area (TPSA) is 0 Å². The van der Waals surface area contributed by atoms with Crippen LogP contribution in [0.15, 0.2) is 0 Å². The van der Waals surface area contributed by atoms with E-state index in [0.717, 1.165) is 17.8 Å². The minimum atomic E-state index is -1.46. The van der Waals surface area contributed by atoms with Gasteiger partial charge in [-0.05, 0) is 48.7 Å². The standard InChI is InChI=1S/C18H39Cl3Si3/c1-22(2,19)12-9-16-7-8-17(10-13-23(3,4)20)18(15-16)11-14-24(5,6)21/h16-18H,7-15H2,1-6H3. The van der Waals surface area contributed by atoms with Crippen molar-refractivity contribution in [2.75, 3.05) is 0 Å². The van der Waals surface area contributed by atoms with Crippen LogP contribution < -0.4 is 0 Å². The van der Waals surface area contributed by atoms with E-state index in [4.69, 9.17) is 33.2 Å². The van der Waals surface area contributed by atoms with Crippen molar-refractivity contribution in [3.05, 3.63) is 0 Å². The molecule has 144 valence electrons. The van der Waals surface area contributed by atoms with Crippen LogP contribution in [0.1, 0.15) is 38.5 Å². The molecule has 0 aliphatic heterocycles. The number of hydrogen-bond donors (Lipinski definition) is 0. The highest BCUT2D eigenvalue weighted by Crippen LogP contribution is 2.43. The quantitative estimate of drug-likeness (QED) is 0.246. The zero-order valence-corrected chi connectivity index (χ0v) is 22.0. The van der Waals surface area contributed by atoms with Crippen molar-refractivity contribution in [1.29, 1.82) is 0 Å². The zero-order chi connectivity index (χ0) is 18.6. The Morgan fingerprint density at radius 1 is 0.625 bits per heavy atom. The Labute approximate surface area is 168 Å². The molecule has 0 aromatic rings. The summed E-state index contributed by atoms with van der Waals surface area (Å²) in [5, 5.41) is 0. The van der Waals surface area contributed by atoms with Crippen molar-refractivity contribution < 1.29 is 0 Å². The highest BCUT2D eigenvalue weighted by Gasteiger charge is 2.33. The van der Waals surface area contributed by atoms with Crippen molar-refractivity contribution in [2.24, 2.45) is 17.8 Å². The van der Waals surface area contributed by atoms with E-state index in [2.05, 4.69) is 39.3 Å². The van der Waals surface area contributed by atoms with Crippen LogP contribution in [0.3, 0.4) is 0 Å². The van der Waals surface area contributed by atoms with Crippen molar-refractivity contribution in [3.63, 3.8) is 0 Å². The fourth-order valence-electron chi connectivity index (χ4n) is 4.02. The van der Waals surface area contributed by atoms with E-state index in [1.165, 1.54) is 56.7 Å². The largest absolute Gasteiger partial charge is 0.168 e. The lowest BCUT2D eigenvalue weighted by molar-refractivity contribution is 0.166. The van der Waals surface area contributed by atoms with Gasteiger partial charge in [0.15, 0.2) is 22.2 Å². The molecular formula is C18H39Cl3Si3. The SMILES string of the molecule is C[Si](C)(Cl)CCC1CCC(CC[Si](C)(C)Cl)C(CC[Si](C)(C)Cl)C1. The van der Waals surface area contributed by atoms with E-state index in [0.29, 0.717) is 0 Å². The second kappa shape index (κ2) is 9.64. The van der Waals surface area contributed by atoms with Gasteiger partial charge in [-0.15, -0.1) is 0 Å². The summed E-state index contributed by atoms with van der Waals surface area (Å²) < 4.78 is 0. The Bertz CT molecular complexity index is 369. The maximum absolute atomic E-state index is 6.62. The summed E-state index contributed by atoms with van der Waals surface area (Å²) in [6, 6.07) is 3.80. The summed E-state index contributed by atoms with van der Waals surface area (Å²) in [6.45, 7) is 13.7. The summed E-state index contributed by atoms with van der Waals surface area (Å²) in [7, 11) is -4.33. The molecule has 0 N–H and O–H groups in total. The van der Waals surface area contributed by atoms with Gasteiger partial charge in [0, 0.05) is 0 Å². The second-order valence-corrected chi connectivity index (χ2v) is 31.0. The second-order valence-electron chi connectivity index (χ2n) is 9.97. The molecule has 1 saturated carbocycles. The third kappa shape index (κ3) is 11.3. The molecule has 1 aliphatic rings. The van der Waals surface area contributed by atoms with E-state index in [-0.39, 0.29) is 0 Å². The first-order valence-electron chi connectivity index (χ1n) is 9.82. The average Bonchev–Trinajstić information content (AvgIpc) is 2.39. The zero-order valence-electron chi connectivity index (χ0n) is 16.7. The summed E-state index contributed by atoms with van der Waals surface area (Å²) in [5.74, 6) is 2.67. The molecule has 1 rings (SSSR count). The first kappa shape index (κ1) is 23.6. The lowest BCUT2D eigenvalue weighted by atomic mass is 9.71. The summed E-state index contributed by atoms with van der Waals surface area (Å²) in [5.41, 5.74) is 0. The summed E-state index contributed by atoms with van der Waals surface area (Å²) >= 11 is 19.8. The normalized spacial score (nSPS) is 26.6. The van der Waals surface area contributed by atoms with Gasteiger partial charge in [-0.3, -0.25) is 0 Å². The van der Waals surface area contributed by atoms with Crippen LogP contribution in [0.4, 0.5) is 0 Å². The fraction of sp³-hybridized carbons (Fsp3) is 1.00. The predicted octanol–water partition coefficient (Wildman–Crippen LogP) is 8.52. The third-order valence-electron chi connectivity index (χ3n) is 5.61. The predicted molar refractivity (Wildman–Crippen MR) is 123 cm³/mol. The molecule has 0 aromatic heterocycles. The van der Waals surface area contributed by atoms with Gasteiger partial charge in [-0.2, -0.15) is 33.2 Å². The smallest absolute Gasteiger partial charge is 0.150 e. The van der Waals surface area contributed by atoms with Crippen molar-refractivity contribution in [1.82, 2.24) is 0 Å². The molecule has 0 radical (unpaired) electrons. The first-order chi connectivity index (χ1) is 10.8. The van der Waals surface area contributed by atoms with Gasteiger partial charge >= 0.3 is 0 Å². The molecule has 0 nitrogen and oxygen atoms in total. The molecule has 1 aliphatic carbocycles. The summed E-state index contributed by atoms with van der Waals surface area (Å²) in [4.78, 5) is 0. The molecule has 3 atom stereocenters. The minimum absolute atomic E-state index is 0.877. The van der Waals surface area contributed by atoms with Crippen LogP contribution in [-0.2, 0) is 0 Å². The molecule has 3 unspecified atom stereocenters. The molecule has 0 spiro atoms. The van der Waals surface area contributed by atoms with Gasteiger partial charge in [0.2, 0.25) is 0 Å². The number of hydrogen-bond acceptors (Lipinski definition) is 0.